The molecule has 5 heteroatoms. The van der Waals surface area contributed by atoms with Crippen molar-refractivity contribution < 1.29 is 13.6 Å². The molecule has 30 heavy (non-hydrogen) atoms. The van der Waals surface area contributed by atoms with Crippen molar-refractivity contribution in [3.63, 3.8) is 0 Å². The number of carbonyl (C=O) groups is 1. The van der Waals surface area contributed by atoms with Crippen LogP contribution in [0.2, 0.25) is 0 Å². The molecule has 0 spiro atoms. The number of nitrogens with zero attached hydrogens (tertiary/aromatic N) is 1. The number of benzene rings is 2. The summed E-state index contributed by atoms with van der Waals surface area (Å²) in [4.78, 5) is 15.3. The Morgan fingerprint density at radius 1 is 0.900 bits per heavy atom. The summed E-state index contributed by atoms with van der Waals surface area (Å²) in [5.41, 5.74) is 2.64. The summed E-state index contributed by atoms with van der Waals surface area (Å²) >= 11 is 0. The van der Waals surface area contributed by atoms with Crippen molar-refractivity contribution in [2.24, 2.45) is 0 Å². The Kier molecular flexibility index (Phi) is 5.11. The third kappa shape index (κ3) is 3.53. The second kappa shape index (κ2) is 8.20. The van der Waals surface area contributed by atoms with Gasteiger partial charge in [0.05, 0.1) is 18.0 Å². The Balaban J connectivity index is 1.64. The summed E-state index contributed by atoms with van der Waals surface area (Å²) in [6.07, 6.45) is 5.08. The average molecular weight is 400 g/mol. The molecule has 4 aromatic rings. The molecule has 1 N–H and O–H groups in total. The lowest BCUT2D eigenvalue weighted by Gasteiger charge is -2.34. The first-order valence-electron chi connectivity index (χ1n) is 10.5. The van der Waals surface area contributed by atoms with Gasteiger partial charge in [-0.15, -0.1) is 0 Å². The molecule has 0 bridgehead atoms. The smallest absolute Gasteiger partial charge is 0.291 e. The number of carbonyl (C=O) groups excluding carboxylic acids is 1. The van der Waals surface area contributed by atoms with Gasteiger partial charge in [-0.1, -0.05) is 48.9 Å². The van der Waals surface area contributed by atoms with Crippen LogP contribution in [0.25, 0.3) is 11.0 Å². The first-order valence-corrected chi connectivity index (χ1v) is 10.5. The first kappa shape index (κ1) is 18.7. The fraction of sp³-hybridized carbons (Fsp3) is 0.240. The number of hydrogen-bond acceptors (Lipinski definition) is 4. The molecule has 0 saturated carbocycles. The van der Waals surface area contributed by atoms with Crippen LogP contribution in [0.5, 0.6) is 0 Å². The lowest BCUT2D eigenvalue weighted by molar-refractivity contribution is 0.0996. The molecular formula is C25H24N2O3. The largest absolute Gasteiger partial charge is 0.459 e. The van der Waals surface area contributed by atoms with Gasteiger partial charge >= 0.3 is 0 Å². The van der Waals surface area contributed by atoms with E-state index in [0.717, 1.165) is 48.2 Å². The number of likely N-dealkylation sites (tertiary alicyclic amines) is 1. The highest BCUT2D eigenvalue weighted by Crippen LogP contribution is 2.41. The predicted molar refractivity (Wildman–Crippen MR) is 117 cm³/mol. The van der Waals surface area contributed by atoms with Gasteiger partial charge in [0.15, 0.2) is 5.76 Å². The van der Waals surface area contributed by atoms with E-state index in [0.29, 0.717) is 5.69 Å². The normalized spacial score (nSPS) is 15.9. The molecule has 2 aromatic carbocycles. The number of amides is 1. The van der Waals surface area contributed by atoms with E-state index in [1.54, 1.807) is 12.1 Å². The van der Waals surface area contributed by atoms with E-state index in [4.69, 9.17) is 8.83 Å². The van der Waals surface area contributed by atoms with Crippen LogP contribution in [0.15, 0.2) is 81.8 Å². The first-order chi connectivity index (χ1) is 14.8. The van der Waals surface area contributed by atoms with E-state index in [1.165, 1.54) is 12.7 Å². The molecule has 0 radical (unpaired) electrons. The Morgan fingerprint density at radius 2 is 1.67 bits per heavy atom. The molecule has 1 atom stereocenters. The number of piperidine rings is 1. The number of hydrogen-bond donors (Lipinski definition) is 1. The van der Waals surface area contributed by atoms with Crippen LogP contribution in [0.4, 0.5) is 5.69 Å². The molecule has 5 rings (SSSR count). The molecule has 1 aliphatic heterocycles. The maximum Gasteiger partial charge on any atom is 0.291 e. The maximum atomic E-state index is 12.8. The molecular weight excluding hydrogens is 376 g/mol. The number of nitrogens with one attached hydrogen (secondary N) is 1. The van der Waals surface area contributed by atoms with Crippen LogP contribution in [-0.4, -0.2) is 23.9 Å². The molecule has 152 valence electrons. The fourth-order valence-electron chi connectivity index (χ4n) is 4.31. The van der Waals surface area contributed by atoms with Gasteiger partial charge < -0.3 is 14.2 Å². The second-order valence-electron chi connectivity index (χ2n) is 7.68. The third-order valence-electron chi connectivity index (χ3n) is 5.73. The number of rotatable bonds is 5. The van der Waals surface area contributed by atoms with Crippen molar-refractivity contribution in [1.29, 1.82) is 0 Å². The standard InChI is InChI=1S/C25H24N2O3/c28-25(21-14-9-17-29-21)26-22-19-12-5-6-13-20(19)30-24(22)23(18-10-3-1-4-11-18)27-15-7-2-8-16-27/h1,3-6,9-14,17,23H,2,7-8,15-16H2,(H,26,28)/t23-/m1/s1. The van der Waals surface area contributed by atoms with Gasteiger partial charge in [0.25, 0.3) is 5.91 Å². The number of fused-ring (bicyclic) bond motifs is 1. The van der Waals surface area contributed by atoms with Crippen molar-refractivity contribution in [2.75, 3.05) is 18.4 Å². The van der Waals surface area contributed by atoms with Crippen molar-refractivity contribution >= 4 is 22.6 Å². The average Bonchev–Trinajstić information content (AvgIpc) is 3.45. The molecule has 1 fully saturated rings. The van der Waals surface area contributed by atoms with Crippen molar-refractivity contribution in [3.05, 3.63) is 90.1 Å². The molecule has 0 unspecified atom stereocenters. The quantitative estimate of drug-likeness (QED) is 0.456. The Hall–Kier alpha value is -3.31. The van der Waals surface area contributed by atoms with Gasteiger partial charge in [0.2, 0.25) is 0 Å². The molecule has 1 amide bonds. The minimum absolute atomic E-state index is 0.0641. The van der Waals surface area contributed by atoms with Crippen LogP contribution in [-0.2, 0) is 0 Å². The van der Waals surface area contributed by atoms with Crippen LogP contribution in [0.1, 0.15) is 47.2 Å². The van der Waals surface area contributed by atoms with E-state index in [-0.39, 0.29) is 17.7 Å². The SMILES string of the molecule is O=C(Nc1c([C@@H](c2ccccc2)N2CCCCC2)oc2ccccc12)c1ccco1. The number of furan rings is 2. The topological polar surface area (TPSA) is 58.6 Å². The summed E-state index contributed by atoms with van der Waals surface area (Å²) in [5.74, 6) is 0.767. The van der Waals surface area contributed by atoms with Crippen LogP contribution in [0, 0.1) is 0 Å². The van der Waals surface area contributed by atoms with E-state index < -0.39 is 0 Å². The second-order valence-corrected chi connectivity index (χ2v) is 7.68. The summed E-state index contributed by atoms with van der Waals surface area (Å²) in [5, 5.41) is 3.97. The van der Waals surface area contributed by atoms with E-state index in [2.05, 4.69) is 34.5 Å². The lowest BCUT2D eigenvalue weighted by atomic mass is 9.98. The Labute approximate surface area is 175 Å². The minimum atomic E-state index is -0.279. The number of anilines is 1. The summed E-state index contributed by atoms with van der Waals surface area (Å²) in [7, 11) is 0. The van der Waals surface area contributed by atoms with Crippen molar-refractivity contribution in [3.8, 4) is 0 Å². The summed E-state index contributed by atoms with van der Waals surface area (Å²) in [6, 6.07) is 21.5. The van der Waals surface area contributed by atoms with Gasteiger partial charge in [0, 0.05) is 5.39 Å². The molecule has 1 aliphatic rings. The Bertz CT molecular complexity index is 1130. The zero-order chi connectivity index (χ0) is 20.3. The molecule has 5 nitrogen and oxygen atoms in total. The van der Waals surface area contributed by atoms with Gasteiger partial charge in [0.1, 0.15) is 11.3 Å². The highest BCUT2D eigenvalue weighted by molar-refractivity contribution is 6.08. The lowest BCUT2D eigenvalue weighted by Crippen LogP contribution is -2.34. The van der Waals surface area contributed by atoms with Crippen molar-refractivity contribution in [1.82, 2.24) is 4.90 Å². The van der Waals surface area contributed by atoms with E-state index in [9.17, 15) is 4.79 Å². The van der Waals surface area contributed by atoms with Gasteiger partial charge in [-0.3, -0.25) is 9.69 Å². The molecule has 0 aliphatic carbocycles. The highest BCUT2D eigenvalue weighted by atomic mass is 16.3. The molecule has 3 heterocycles. The van der Waals surface area contributed by atoms with Crippen LogP contribution < -0.4 is 5.32 Å². The van der Waals surface area contributed by atoms with Crippen LogP contribution in [0.3, 0.4) is 0 Å². The fourth-order valence-corrected chi connectivity index (χ4v) is 4.31. The molecule has 2 aromatic heterocycles. The predicted octanol–water partition coefficient (Wildman–Crippen LogP) is 5.85. The maximum absolute atomic E-state index is 12.8. The van der Waals surface area contributed by atoms with E-state index in [1.807, 2.05) is 30.3 Å². The van der Waals surface area contributed by atoms with Gasteiger partial charge in [-0.05, 0) is 55.8 Å². The minimum Gasteiger partial charge on any atom is -0.459 e. The van der Waals surface area contributed by atoms with E-state index >= 15 is 0 Å². The summed E-state index contributed by atoms with van der Waals surface area (Å²) < 4.78 is 11.7. The number of para-hydroxylation sites is 1. The summed E-state index contributed by atoms with van der Waals surface area (Å²) in [6.45, 7) is 2.00. The van der Waals surface area contributed by atoms with Gasteiger partial charge in [-0.2, -0.15) is 0 Å². The van der Waals surface area contributed by atoms with Crippen LogP contribution >= 0.6 is 0 Å². The highest BCUT2D eigenvalue weighted by Gasteiger charge is 2.31. The monoisotopic (exact) mass is 400 g/mol. The van der Waals surface area contributed by atoms with Gasteiger partial charge in [-0.25, -0.2) is 0 Å². The molecule has 1 saturated heterocycles. The Morgan fingerprint density at radius 3 is 2.43 bits per heavy atom. The third-order valence-corrected chi connectivity index (χ3v) is 5.73. The van der Waals surface area contributed by atoms with Crippen molar-refractivity contribution in [2.45, 2.75) is 25.3 Å². The zero-order valence-electron chi connectivity index (χ0n) is 16.7. The zero-order valence-corrected chi connectivity index (χ0v) is 16.7.